The van der Waals surface area contributed by atoms with Gasteiger partial charge in [-0.05, 0) is 64.3 Å². The van der Waals surface area contributed by atoms with Crippen molar-refractivity contribution in [3.05, 3.63) is 41.6 Å². The molecule has 0 spiro atoms. The molecular formula is C30H39N3O5. The molecule has 3 atom stereocenters. The Bertz CT molecular complexity index is 1280. The van der Waals surface area contributed by atoms with Gasteiger partial charge in [0.1, 0.15) is 12.3 Å². The van der Waals surface area contributed by atoms with Crippen molar-refractivity contribution in [2.75, 3.05) is 19.8 Å². The summed E-state index contributed by atoms with van der Waals surface area (Å²) in [5.74, 6) is 0.655. The average molecular weight is 522 g/mol. The quantitative estimate of drug-likeness (QED) is 0.472. The molecule has 8 nitrogen and oxygen atoms in total. The van der Waals surface area contributed by atoms with E-state index < -0.39 is 6.04 Å². The van der Waals surface area contributed by atoms with Crippen LogP contribution in [-0.4, -0.2) is 64.9 Å². The number of carbonyl (C=O) groups is 3. The first-order chi connectivity index (χ1) is 18.2. The lowest BCUT2D eigenvalue weighted by atomic mass is 9.97. The predicted octanol–water partition coefficient (Wildman–Crippen LogP) is 4.04. The molecule has 0 radical (unpaired) electrons. The zero-order chi connectivity index (χ0) is 27.0. The Balaban J connectivity index is 1.58. The molecule has 1 aliphatic carbocycles. The summed E-state index contributed by atoms with van der Waals surface area (Å²) in [7, 11) is 0. The zero-order valence-corrected chi connectivity index (χ0v) is 22.9. The molecule has 2 aromatic rings. The molecule has 1 N–H and O–H groups in total. The van der Waals surface area contributed by atoms with Crippen molar-refractivity contribution in [2.45, 2.75) is 84.7 Å². The third-order valence-electron chi connectivity index (χ3n) is 8.08. The minimum atomic E-state index is -0.412. The highest BCUT2D eigenvalue weighted by Crippen LogP contribution is 2.60. The zero-order valence-electron chi connectivity index (χ0n) is 22.9. The number of aromatic nitrogens is 1. The molecule has 3 aliphatic rings. The number of ether oxygens (including phenoxy) is 2. The van der Waals surface area contributed by atoms with Crippen LogP contribution in [0, 0.1) is 5.41 Å². The van der Waals surface area contributed by atoms with E-state index in [9.17, 15) is 14.4 Å². The minimum Gasteiger partial charge on any atom is -0.491 e. The van der Waals surface area contributed by atoms with Crippen molar-refractivity contribution in [3.63, 3.8) is 0 Å². The van der Waals surface area contributed by atoms with Crippen LogP contribution in [0.4, 0.5) is 0 Å². The monoisotopic (exact) mass is 521 g/mol. The third-order valence-corrected chi connectivity index (χ3v) is 8.08. The second kappa shape index (κ2) is 10.7. The summed E-state index contributed by atoms with van der Waals surface area (Å²) in [6.07, 6.45) is 8.73. The molecule has 1 aromatic heterocycles. The SMILES string of the molecule is CCC(=O)[C@@H]1C[C@]23COC/C=C\CCNCc4cc(OC(C)C)cc5c(C(C)=O)cn(c45)CC(=O)N1[C@@H]2C3. The van der Waals surface area contributed by atoms with E-state index in [-0.39, 0.29) is 41.6 Å². The van der Waals surface area contributed by atoms with Crippen molar-refractivity contribution in [1.29, 1.82) is 0 Å². The fourth-order valence-electron chi connectivity index (χ4n) is 6.24. The summed E-state index contributed by atoms with van der Waals surface area (Å²) >= 11 is 0. The Labute approximate surface area is 224 Å². The number of Topliss-reactive ketones (excluding diaryl/α,β-unsaturated/α-hetero) is 2. The first kappa shape index (κ1) is 26.6. The van der Waals surface area contributed by atoms with Gasteiger partial charge in [0.15, 0.2) is 11.6 Å². The Hall–Kier alpha value is -2.97. The van der Waals surface area contributed by atoms with Crippen LogP contribution in [0.5, 0.6) is 5.75 Å². The van der Waals surface area contributed by atoms with Crippen LogP contribution in [0.1, 0.15) is 69.3 Å². The number of piperidine rings is 1. The van der Waals surface area contributed by atoms with Gasteiger partial charge in [0.25, 0.3) is 0 Å². The Morgan fingerprint density at radius 1 is 1.24 bits per heavy atom. The number of hydrogen-bond donors (Lipinski definition) is 1. The Morgan fingerprint density at radius 3 is 2.79 bits per heavy atom. The summed E-state index contributed by atoms with van der Waals surface area (Å²) < 4.78 is 13.9. The maximum atomic E-state index is 13.9. The van der Waals surface area contributed by atoms with Crippen molar-refractivity contribution in [3.8, 4) is 5.75 Å². The van der Waals surface area contributed by atoms with Crippen molar-refractivity contribution >= 4 is 28.4 Å². The van der Waals surface area contributed by atoms with E-state index in [0.29, 0.717) is 43.9 Å². The molecular weight excluding hydrogens is 482 g/mol. The van der Waals surface area contributed by atoms with E-state index in [4.69, 9.17) is 9.47 Å². The maximum absolute atomic E-state index is 13.9. The number of nitrogens with zero attached hydrogens (tertiary/aromatic N) is 2. The molecule has 204 valence electrons. The minimum absolute atomic E-state index is 0.0125. The number of rotatable bonds is 5. The van der Waals surface area contributed by atoms with Gasteiger partial charge in [-0.3, -0.25) is 14.4 Å². The van der Waals surface area contributed by atoms with E-state index >= 15 is 0 Å². The van der Waals surface area contributed by atoms with E-state index in [2.05, 4.69) is 11.4 Å². The molecule has 3 heterocycles. The van der Waals surface area contributed by atoms with Crippen LogP contribution in [0.2, 0.25) is 0 Å². The molecule has 1 amide bonds. The van der Waals surface area contributed by atoms with E-state index in [1.165, 1.54) is 0 Å². The van der Waals surface area contributed by atoms with E-state index in [1.54, 1.807) is 13.1 Å². The molecule has 2 fully saturated rings. The lowest BCUT2D eigenvalue weighted by Gasteiger charge is -2.27. The molecule has 38 heavy (non-hydrogen) atoms. The predicted molar refractivity (Wildman–Crippen MR) is 145 cm³/mol. The maximum Gasteiger partial charge on any atom is 0.243 e. The lowest BCUT2D eigenvalue weighted by Crippen LogP contribution is -2.44. The van der Waals surface area contributed by atoms with Gasteiger partial charge in [-0.15, -0.1) is 0 Å². The summed E-state index contributed by atoms with van der Waals surface area (Å²) in [6, 6.07) is 3.52. The van der Waals surface area contributed by atoms with Gasteiger partial charge in [0, 0.05) is 41.6 Å². The lowest BCUT2D eigenvalue weighted by molar-refractivity contribution is -0.139. The van der Waals surface area contributed by atoms with Crippen LogP contribution in [0.25, 0.3) is 10.9 Å². The molecule has 1 saturated heterocycles. The van der Waals surface area contributed by atoms with Gasteiger partial charge < -0.3 is 24.3 Å². The second-order valence-electron chi connectivity index (χ2n) is 11.2. The van der Waals surface area contributed by atoms with Gasteiger partial charge in [0.05, 0.1) is 30.9 Å². The number of benzene rings is 1. The van der Waals surface area contributed by atoms with Crippen molar-refractivity contribution in [1.82, 2.24) is 14.8 Å². The molecule has 8 heteroatoms. The van der Waals surface area contributed by atoms with Crippen molar-refractivity contribution in [2.24, 2.45) is 5.41 Å². The van der Waals surface area contributed by atoms with Crippen molar-refractivity contribution < 1.29 is 23.9 Å². The third kappa shape index (κ3) is 5.04. The first-order valence-corrected chi connectivity index (χ1v) is 13.8. The number of carbonyl (C=O) groups excluding carboxylic acids is 3. The smallest absolute Gasteiger partial charge is 0.243 e. The Morgan fingerprint density at radius 2 is 2.05 bits per heavy atom. The van der Waals surface area contributed by atoms with Gasteiger partial charge in [-0.2, -0.15) is 0 Å². The summed E-state index contributed by atoms with van der Waals surface area (Å²) in [5, 5.41) is 4.28. The molecule has 1 aromatic carbocycles. The number of hydrogen-bond acceptors (Lipinski definition) is 6. The molecule has 1 saturated carbocycles. The fraction of sp³-hybridized carbons (Fsp3) is 0.567. The summed E-state index contributed by atoms with van der Waals surface area (Å²) in [5.41, 5.74) is 2.26. The van der Waals surface area contributed by atoms with Crippen LogP contribution < -0.4 is 10.1 Å². The first-order valence-electron chi connectivity index (χ1n) is 13.8. The van der Waals surface area contributed by atoms with Gasteiger partial charge >= 0.3 is 0 Å². The number of amides is 1. The highest BCUT2D eigenvalue weighted by Gasteiger charge is 2.66. The number of ketones is 2. The summed E-state index contributed by atoms with van der Waals surface area (Å²) in [6.45, 7) is 9.87. The average Bonchev–Trinajstić information content (AvgIpc) is 3.27. The van der Waals surface area contributed by atoms with Gasteiger partial charge in [-0.1, -0.05) is 19.1 Å². The highest BCUT2D eigenvalue weighted by molar-refractivity contribution is 6.08. The van der Waals surface area contributed by atoms with Crippen LogP contribution in [0.3, 0.4) is 0 Å². The highest BCUT2D eigenvalue weighted by atomic mass is 16.5. The largest absolute Gasteiger partial charge is 0.491 e. The second-order valence-corrected chi connectivity index (χ2v) is 11.2. The van der Waals surface area contributed by atoms with Crippen LogP contribution >= 0.6 is 0 Å². The summed E-state index contributed by atoms with van der Waals surface area (Å²) in [4.78, 5) is 41.3. The van der Waals surface area contributed by atoms with Crippen LogP contribution in [0.15, 0.2) is 30.5 Å². The van der Waals surface area contributed by atoms with E-state index in [1.807, 2.05) is 48.4 Å². The topological polar surface area (TPSA) is 89.9 Å². The molecule has 2 aliphatic heterocycles. The van der Waals surface area contributed by atoms with Gasteiger partial charge in [0.2, 0.25) is 5.91 Å². The molecule has 5 rings (SSSR count). The number of nitrogens with one attached hydrogen (secondary N) is 1. The van der Waals surface area contributed by atoms with Gasteiger partial charge in [-0.25, -0.2) is 0 Å². The molecule has 0 unspecified atom stereocenters. The normalized spacial score (nSPS) is 26.8. The Kier molecular flexibility index (Phi) is 7.47. The molecule has 2 bridgehead atoms. The standard InChI is InChI=1S/C30H39N3O5/c1-5-26(35)25-13-30-14-27(30)33(25)28(36)17-32-16-24(20(4)34)23-12-22(38-19(2)3)11-21(29(23)32)15-31-9-7-6-8-10-37-18-30/h6,8,11-12,16,19,25,27,31H,5,7,9-10,13-15,17-18H2,1-4H3/b8-6-/t25-,27+,30-/m0/s1. The van der Waals surface area contributed by atoms with Crippen LogP contribution in [-0.2, 0) is 27.4 Å². The van der Waals surface area contributed by atoms with E-state index in [0.717, 1.165) is 35.9 Å². The fourth-order valence-corrected chi connectivity index (χ4v) is 6.24.